The molecule has 0 atom stereocenters. The van der Waals surface area contributed by atoms with Crippen LogP contribution in [0.5, 0.6) is 0 Å². The highest BCUT2D eigenvalue weighted by molar-refractivity contribution is 7.17. The van der Waals surface area contributed by atoms with E-state index in [2.05, 4.69) is 14.9 Å². The summed E-state index contributed by atoms with van der Waals surface area (Å²) in [7, 11) is 1.34. The van der Waals surface area contributed by atoms with Gasteiger partial charge in [0.1, 0.15) is 21.8 Å². The van der Waals surface area contributed by atoms with Gasteiger partial charge >= 0.3 is 5.97 Å². The first-order chi connectivity index (χ1) is 7.22. The third-order valence-electron chi connectivity index (χ3n) is 1.82. The largest absolute Gasteiger partial charge is 0.465 e. The van der Waals surface area contributed by atoms with Gasteiger partial charge in [-0.1, -0.05) is 5.16 Å². The lowest BCUT2D eigenvalue weighted by Gasteiger charge is -1.93. The second-order valence-electron chi connectivity index (χ2n) is 2.81. The molecule has 2 aromatic heterocycles. The first-order valence-electron chi connectivity index (χ1n) is 4.19. The molecule has 0 aliphatic heterocycles. The van der Waals surface area contributed by atoms with Gasteiger partial charge in [0.2, 0.25) is 0 Å². The summed E-state index contributed by atoms with van der Waals surface area (Å²) >= 11 is 1.24. The predicted octanol–water partition coefficient (Wildman–Crippen LogP) is 1.89. The molecule has 0 amide bonds. The molecule has 0 N–H and O–H groups in total. The molecular formula is C9H8N2O3S. The smallest absolute Gasteiger partial charge is 0.349 e. The molecule has 2 rings (SSSR count). The second kappa shape index (κ2) is 3.82. The van der Waals surface area contributed by atoms with E-state index in [9.17, 15) is 4.79 Å². The zero-order valence-corrected chi connectivity index (χ0v) is 9.00. The zero-order valence-electron chi connectivity index (χ0n) is 8.18. The van der Waals surface area contributed by atoms with Gasteiger partial charge in [-0.15, -0.1) is 11.3 Å². The highest BCUT2D eigenvalue weighted by Gasteiger charge is 2.17. The van der Waals surface area contributed by atoms with E-state index in [-0.39, 0.29) is 5.97 Å². The van der Waals surface area contributed by atoms with Gasteiger partial charge < -0.3 is 9.26 Å². The third-order valence-corrected chi connectivity index (χ3v) is 2.98. The number of aryl methyl sites for hydroxylation is 1. The van der Waals surface area contributed by atoms with Crippen molar-refractivity contribution in [3.05, 3.63) is 22.9 Å². The summed E-state index contributed by atoms with van der Waals surface area (Å²) < 4.78 is 9.34. The van der Waals surface area contributed by atoms with Crippen molar-refractivity contribution in [2.75, 3.05) is 7.11 Å². The minimum Gasteiger partial charge on any atom is -0.465 e. The van der Waals surface area contributed by atoms with Gasteiger partial charge in [-0.25, -0.2) is 9.78 Å². The molecule has 15 heavy (non-hydrogen) atoms. The quantitative estimate of drug-likeness (QED) is 0.729. The normalized spacial score (nSPS) is 10.3. The van der Waals surface area contributed by atoms with E-state index in [0.29, 0.717) is 21.3 Å². The Morgan fingerprint density at radius 3 is 3.00 bits per heavy atom. The van der Waals surface area contributed by atoms with Crippen molar-refractivity contribution < 1.29 is 14.1 Å². The third kappa shape index (κ3) is 1.75. The number of carbonyl (C=O) groups is 1. The Labute approximate surface area is 89.7 Å². The highest BCUT2D eigenvalue weighted by Crippen LogP contribution is 2.26. The number of aromatic nitrogens is 2. The van der Waals surface area contributed by atoms with Gasteiger partial charge in [-0.05, 0) is 6.92 Å². The van der Waals surface area contributed by atoms with Gasteiger partial charge in [0.05, 0.1) is 12.8 Å². The minimum atomic E-state index is -0.375. The molecule has 0 aliphatic carbocycles. The van der Waals surface area contributed by atoms with Gasteiger partial charge in [-0.3, -0.25) is 0 Å². The van der Waals surface area contributed by atoms with Crippen LogP contribution in [0.15, 0.2) is 16.9 Å². The summed E-state index contributed by atoms with van der Waals surface area (Å²) in [5.41, 5.74) is 1.27. The molecule has 0 unspecified atom stereocenters. The molecule has 0 radical (unpaired) electrons. The second-order valence-corrected chi connectivity index (χ2v) is 3.81. The van der Waals surface area contributed by atoms with Crippen LogP contribution in [0.4, 0.5) is 0 Å². The van der Waals surface area contributed by atoms with Gasteiger partial charge in [0, 0.05) is 6.07 Å². The molecule has 6 heteroatoms. The average molecular weight is 224 g/mol. The van der Waals surface area contributed by atoms with E-state index in [1.807, 2.05) is 0 Å². The number of nitrogens with zero attached hydrogens (tertiary/aromatic N) is 2. The minimum absolute atomic E-state index is 0.375. The van der Waals surface area contributed by atoms with Crippen molar-refractivity contribution in [2.45, 2.75) is 6.92 Å². The summed E-state index contributed by atoms with van der Waals surface area (Å²) in [6.45, 7) is 1.76. The van der Waals surface area contributed by atoms with Crippen molar-refractivity contribution in [1.82, 2.24) is 10.1 Å². The number of esters is 1. The monoisotopic (exact) mass is 224 g/mol. The molecular weight excluding hydrogens is 216 g/mol. The number of thiazole rings is 1. The zero-order chi connectivity index (χ0) is 10.8. The maximum Gasteiger partial charge on any atom is 0.349 e. The lowest BCUT2D eigenvalue weighted by molar-refractivity contribution is 0.0605. The highest BCUT2D eigenvalue weighted by atomic mass is 32.1. The Hall–Kier alpha value is -1.69. The van der Waals surface area contributed by atoms with Crippen LogP contribution in [-0.2, 0) is 4.74 Å². The Morgan fingerprint density at radius 2 is 2.40 bits per heavy atom. The summed E-state index contributed by atoms with van der Waals surface area (Å²) in [4.78, 5) is 16.0. The fourth-order valence-electron chi connectivity index (χ4n) is 1.11. The first-order valence-corrected chi connectivity index (χ1v) is 5.00. The maximum atomic E-state index is 11.3. The van der Waals surface area contributed by atoms with Crippen LogP contribution in [-0.4, -0.2) is 23.2 Å². The lowest BCUT2D eigenvalue weighted by Crippen LogP contribution is -1.99. The molecule has 0 aliphatic rings. The molecule has 0 saturated heterocycles. The summed E-state index contributed by atoms with van der Waals surface area (Å²) in [6.07, 6.45) is 1.46. The van der Waals surface area contributed by atoms with Crippen LogP contribution in [0.25, 0.3) is 10.7 Å². The van der Waals surface area contributed by atoms with Crippen LogP contribution in [0.2, 0.25) is 0 Å². The number of carbonyl (C=O) groups excluding carboxylic acids is 1. The number of hydrogen-bond acceptors (Lipinski definition) is 6. The standard InChI is InChI=1S/C9H8N2O3S/c1-5-7(9(12)13-2)15-8(10-5)6-3-4-14-11-6/h3-4H,1-2H3. The van der Waals surface area contributed by atoms with Gasteiger partial charge in [-0.2, -0.15) is 0 Å². The molecule has 0 aromatic carbocycles. The van der Waals surface area contributed by atoms with E-state index in [1.54, 1.807) is 13.0 Å². The SMILES string of the molecule is COC(=O)c1sc(-c2ccon2)nc1C. The average Bonchev–Trinajstić information content (AvgIpc) is 2.84. The number of methoxy groups -OCH3 is 1. The van der Waals surface area contributed by atoms with Gasteiger partial charge in [0.25, 0.3) is 0 Å². The Bertz CT molecular complexity index is 476. The Kier molecular flexibility index (Phi) is 2.51. The molecule has 0 fully saturated rings. The molecule has 0 saturated carbocycles. The maximum absolute atomic E-state index is 11.3. The number of ether oxygens (including phenoxy) is 1. The van der Waals surface area contributed by atoms with Crippen molar-refractivity contribution in [3.8, 4) is 10.7 Å². The Balaban J connectivity index is 2.41. The summed E-state index contributed by atoms with van der Waals surface area (Å²) in [5, 5.41) is 4.40. The van der Waals surface area contributed by atoms with Crippen molar-refractivity contribution in [3.63, 3.8) is 0 Å². The molecule has 0 spiro atoms. The lowest BCUT2D eigenvalue weighted by atomic mass is 10.4. The summed E-state index contributed by atoms with van der Waals surface area (Å²) in [6, 6.07) is 1.69. The Morgan fingerprint density at radius 1 is 1.60 bits per heavy atom. The van der Waals surface area contributed by atoms with Crippen LogP contribution >= 0.6 is 11.3 Å². The van der Waals surface area contributed by atoms with Gasteiger partial charge in [0.15, 0.2) is 0 Å². The van der Waals surface area contributed by atoms with Crippen molar-refractivity contribution in [2.24, 2.45) is 0 Å². The van der Waals surface area contributed by atoms with E-state index in [4.69, 9.17) is 4.52 Å². The molecule has 2 heterocycles. The van der Waals surface area contributed by atoms with E-state index < -0.39 is 0 Å². The van der Waals surface area contributed by atoms with Crippen LogP contribution < -0.4 is 0 Å². The van der Waals surface area contributed by atoms with Crippen molar-refractivity contribution >= 4 is 17.3 Å². The molecule has 5 nitrogen and oxygen atoms in total. The van der Waals surface area contributed by atoms with Crippen LogP contribution in [0, 0.1) is 6.92 Å². The first kappa shape index (κ1) is 9.85. The fraction of sp³-hybridized carbons (Fsp3) is 0.222. The van der Waals surface area contributed by atoms with Crippen LogP contribution in [0.3, 0.4) is 0 Å². The number of hydrogen-bond donors (Lipinski definition) is 0. The van der Waals surface area contributed by atoms with Crippen LogP contribution in [0.1, 0.15) is 15.4 Å². The summed E-state index contributed by atoms with van der Waals surface area (Å²) in [5.74, 6) is -0.375. The molecule has 78 valence electrons. The molecule has 2 aromatic rings. The van der Waals surface area contributed by atoms with E-state index in [1.165, 1.54) is 24.7 Å². The van der Waals surface area contributed by atoms with E-state index >= 15 is 0 Å². The fourth-order valence-corrected chi connectivity index (χ4v) is 2.06. The van der Waals surface area contributed by atoms with E-state index in [0.717, 1.165) is 0 Å². The number of rotatable bonds is 2. The predicted molar refractivity (Wildman–Crippen MR) is 53.7 cm³/mol. The van der Waals surface area contributed by atoms with Crippen molar-refractivity contribution in [1.29, 1.82) is 0 Å². The molecule has 0 bridgehead atoms. The topological polar surface area (TPSA) is 65.2 Å².